The molecule has 0 spiro atoms. The fraction of sp³-hybridized carbons (Fsp3) is 0.294. The van der Waals surface area contributed by atoms with Gasteiger partial charge in [-0.25, -0.2) is 13.1 Å². The minimum Gasteiger partial charge on any atom is -0.497 e. The lowest BCUT2D eigenvalue weighted by atomic mass is 10.1. The van der Waals surface area contributed by atoms with E-state index in [0.717, 1.165) is 11.3 Å². The summed E-state index contributed by atoms with van der Waals surface area (Å²) in [4.78, 5) is 0.268. The van der Waals surface area contributed by atoms with Crippen LogP contribution in [0, 0.1) is 6.92 Å². The third-order valence-electron chi connectivity index (χ3n) is 3.51. The van der Waals surface area contributed by atoms with Gasteiger partial charge in [-0.2, -0.15) is 0 Å². The molecule has 0 saturated carbocycles. The number of hydrogen-bond donors (Lipinski definition) is 1. The van der Waals surface area contributed by atoms with E-state index in [0.29, 0.717) is 24.3 Å². The molecule has 23 heavy (non-hydrogen) atoms. The van der Waals surface area contributed by atoms with Crippen LogP contribution in [0.15, 0.2) is 47.4 Å². The monoisotopic (exact) mass is 335 g/mol. The summed E-state index contributed by atoms with van der Waals surface area (Å²) in [6.45, 7) is 2.07. The maximum absolute atomic E-state index is 12.4. The molecular formula is C17H21NO4S. The smallest absolute Gasteiger partial charge is 0.240 e. The molecular weight excluding hydrogens is 314 g/mol. The molecule has 6 heteroatoms. The minimum atomic E-state index is -3.54. The van der Waals surface area contributed by atoms with Crippen molar-refractivity contribution in [3.63, 3.8) is 0 Å². The number of ether oxygens (including phenoxy) is 2. The molecule has 5 nitrogen and oxygen atoms in total. The Bertz CT molecular complexity index is 772. The molecule has 0 saturated heterocycles. The van der Waals surface area contributed by atoms with Crippen molar-refractivity contribution in [2.24, 2.45) is 0 Å². The van der Waals surface area contributed by atoms with Gasteiger partial charge in [-0.15, -0.1) is 0 Å². The summed E-state index contributed by atoms with van der Waals surface area (Å²) in [5, 5.41) is 0. The SMILES string of the molecule is COc1cccc(CCNS(=O)(=O)c2ccc(OC)cc2C)c1. The zero-order chi connectivity index (χ0) is 16.9. The average molecular weight is 335 g/mol. The Balaban J connectivity index is 2.04. The zero-order valence-corrected chi connectivity index (χ0v) is 14.3. The van der Waals surface area contributed by atoms with Crippen LogP contribution in [0.5, 0.6) is 11.5 Å². The molecule has 0 heterocycles. The minimum absolute atomic E-state index is 0.268. The van der Waals surface area contributed by atoms with Crippen molar-refractivity contribution in [3.8, 4) is 11.5 Å². The number of hydrogen-bond acceptors (Lipinski definition) is 4. The van der Waals surface area contributed by atoms with Crippen LogP contribution in [0.2, 0.25) is 0 Å². The van der Waals surface area contributed by atoms with E-state index in [1.54, 1.807) is 39.3 Å². The lowest BCUT2D eigenvalue weighted by Crippen LogP contribution is -2.26. The highest BCUT2D eigenvalue weighted by molar-refractivity contribution is 7.89. The van der Waals surface area contributed by atoms with Crippen molar-refractivity contribution in [2.75, 3.05) is 20.8 Å². The highest BCUT2D eigenvalue weighted by Crippen LogP contribution is 2.21. The fourth-order valence-electron chi connectivity index (χ4n) is 2.29. The van der Waals surface area contributed by atoms with Crippen molar-refractivity contribution >= 4 is 10.0 Å². The summed E-state index contributed by atoms with van der Waals surface area (Å²) in [7, 11) is -0.382. The van der Waals surface area contributed by atoms with Crippen molar-refractivity contribution in [2.45, 2.75) is 18.2 Å². The summed E-state index contributed by atoms with van der Waals surface area (Å²) in [6, 6.07) is 12.5. The summed E-state index contributed by atoms with van der Waals surface area (Å²) < 4.78 is 37.7. The Labute approximate surface area is 137 Å². The van der Waals surface area contributed by atoms with Crippen LogP contribution in [0.1, 0.15) is 11.1 Å². The molecule has 0 fully saturated rings. The van der Waals surface area contributed by atoms with Crippen LogP contribution in [-0.4, -0.2) is 29.2 Å². The Morgan fingerprint density at radius 3 is 2.35 bits per heavy atom. The van der Waals surface area contributed by atoms with Gasteiger partial charge in [0.15, 0.2) is 0 Å². The van der Waals surface area contributed by atoms with Gasteiger partial charge >= 0.3 is 0 Å². The maximum Gasteiger partial charge on any atom is 0.240 e. The molecule has 0 aliphatic carbocycles. The van der Waals surface area contributed by atoms with Gasteiger partial charge in [0.05, 0.1) is 19.1 Å². The van der Waals surface area contributed by atoms with Crippen molar-refractivity contribution in [3.05, 3.63) is 53.6 Å². The van der Waals surface area contributed by atoms with Crippen LogP contribution >= 0.6 is 0 Å². The summed E-state index contributed by atoms with van der Waals surface area (Å²) in [5.74, 6) is 1.40. The molecule has 0 radical (unpaired) electrons. The van der Waals surface area contributed by atoms with Crippen LogP contribution in [0.4, 0.5) is 0 Å². The van der Waals surface area contributed by atoms with Gasteiger partial charge in [0.2, 0.25) is 10.0 Å². The van der Waals surface area contributed by atoms with E-state index in [9.17, 15) is 8.42 Å². The molecule has 124 valence electrons. The van der Waals surface area contributed by atoms with E-state index in [4.69, 9.17) is 9.47 Å². The number of rotatable bonds is 7. The molecule has 0 atom stereocenters. The third-order valence-corrected chi connectivity index (χ3v) is 5.13. The van der Waals surface area contributed by atoms with E-state index < -0.39 is 10.0 Å². The highest BCUT2D eigenvalue weighted by Gasteiger charge is 2.16. The number of methoxy groups -OCH3 is 2. The van der Waals surface area contributed by atoms with Crippen molar-refractivity contribution in [1.82, 2.24) is 4.72 Å². The second-order valence-electron chi connectivity index (χ2n) is 5.13. The molecule has 1 N–H and O–H groups in total. The number of nitrogens with one attached hydrogen (secondary N) is 1. The molecule has 2 rings (SSSR count). The molecule has 0 amide bonds. The van der Waals surface area contributed by atoms with E-state index in [-0.39, 0.29) is 4.90 Å². The Kier molecular flexibility index (Phi) is 5.63. The second-order valence-corrected chi connectivity index (χ2v) is 6.87. The van der Waals surface area contributed by atoms with Crippen LogP contribution < -0.4 is 14.2 Å². The average Bonchev–Trinajstić information content (AvgIpc) is 2.54. The normalized spacial score (nSPS) is 11.3. The maximum atomic E-state index is 12.4. The number of aryl methyl sites for hydroxylation is 1. The van der Waals surface area contributed by atoms with Crippen molar-refractivity contribution < 1.29 is 17.9 Å². The molecule has 2 aromatic rings. The van der Waals surface area contributed by atoms with Gasteiger partial charge in [-0.05, 0) is 54.8 Å². The van der Waals surface area contributed by atoms with Crippen LogP contribution in [0.3, 0.4) is 0 Å². The molecule has 0 bridgehead atoms. The molecule has 2 aromatic carbocycles. The summed E-state index contributed by atoms with van der Waals surface area (Å²) in [6.07, 6.45) is 0.589. The third kappa shape index (κ3) is 4.46. The molecule has 0 aliphatic heterocycles. The largest absolute Gasteiger partial charge is 0.497 e. The Hall–Kier alpha value is -2.05. The first-order chi connectivity index (χ1) is 11.0. The zero-order valence-electron chi connectivity index (χ0n) is 13.5. The van der Waals surface area contributed by atoms with Gasteiger partial charge in [-0.3, -0.25) is 0 Å². The standard InChI is InChI=1S/C17H21NO4S/c1-13-11-16(22-3)7-8-17(13)23(19,20)18-10-9-14-5-4-6-15(12-14)21-2/h4-8,11-12,18H,9-10H2,1-3H3. The van der Waals surface area contributed by atoms with Gasteiger partial charge in [0.25, 0.3) is 0 Å². The predicted molar refractivity (Wildman–Crippen MR) is 89.6 cm³/mol. The lowest BCUT2D eigenvalue weighted by molar-refractivity contribution is 0.414. The Morgan fingerprint density at radius 2 is 1.70 bits per heavy atom. The number of benzene rings is 2. The summed E-state index contributed by atoms with van der Waals surface area (Å²) in [5.41, 5.74) is 1.66. The van der Waals surface area contributed by atoms with Gasteiger partial charge < -0.3 is 9.47 Å². The first-order valence-electron chi connectivity index (χ1n) is 7.23. The van der Waals surface area contributed by atoms with Gasteiger partial charge in [-0.1, -0.05) is 12.1 Å². The van der Waals surface area contributed by atoms with E-state index in [2.05, 4.69) is 4.72 Å². The molecule has 0 aromatic heterocycles. The van der Waals surface area contributed by atoms with E-state index in [1.165, 1.54) is 0 Å². The first-order valence-corrected chi connectivity index (χ1v) is 8.72. The van der Waals surface area contributed by atoms with Gasteiger partial charge in [0.1, 0.15) is 11.5 Å². The quantitative estimate of drug-likeness (QED) is 0.844. The second kappa shape index (κ2) is 7.48. The molecule has 0 aliphatic rings. The fourth-order valence-corrected chi connectivity index (χ4v) is 3.54. The van der Waals surface area contributed by atoms with Crippen molar-refractivity contribution in [1.29, 1.82) is 0 Å². The lowest BCUT2D eigenvalue weighted by Gasteiger charge is -2.11. The summed E-state index contributed by atoms with van der Waals surface area (Å²) >= 11 is 0. The van der Waals surface area contributed by atoms with Gasteiger partial charge in [0, 0.05) is 6.54 Å². The van der Waals surface area contributed by atoms with E-state index in [1.807, 2.05) is 24.3 Å². The van der Waals surface area contributed by atoms with E-state index >= 15 is 0 Å². The first kappa shape index (κ1) is 17.3. The Morgan fingerprint density at radius 1 is 1.00 bits per heavy atom. The molecule has 0 unspecified atom stereocenters. The van der Waals surface area contributed by atoms with Crippen LogP contribution in [0.25, 0.3) is 0 Å². The highest BCUT2D eigenvalue weighted by atomic mass is 32.2. The predicted octanol–water partition coefficient (Wildman–Crippen LogP) is 2.53. The van der Waals surface area contributed by atoms with Crippen LogP contribution in [-0.2, 0) is 16.4 Å². The topological polar surface area (TPSA) is 64.6 Å². The number of sulfonamides is 1.